The van der Waals surface area contributed by atoms with Gasteiger partial charge in [-0.05, 0) is 18.2 Å². The minimum atomic E-state index is -0.936. The van der Waals surface area contributed by atoms with Gasteiger partial charge in [0.2, 0.25) is 5.78 Å². The fraction of sp³-hybridized carbons (Fsp3) is 0. The zero-order valence-electron chi connectivity index (χ0n) is 10.8. The number of halogens is 2. The molecular weight excluding hydrogens is 296 g/mol. The van der Waals surface area contributed by atoms with E-state index in [1.54, 1.807) is 18.4 Å². The molecule has 1 aromatic carbocycles. The van der Waals surface area contributed by atoms with E-state index in [9.17, 15) is 13.6 Å². The zero-order chi connectivity index (χ0) is 15.4. The van der Waals surface area contributed by atoms with E-state index in [4.69, 9.17) is 5.73 Å². The molecule has 1 aromatic heterocycles. The predicted octanol–water partition coefficient (Wildman–Crippen LogP) is 3.35. The van der Waals surface area contributed by atoms with E-state index in [0.29, 0.717) is 5.13 Å². The van der Waals surface area contributed by atoms with Crippen molar-refractivity contribution < 1.29 is 13.6 Å². The van der Waals surface area contributed by atoms with Crippen molar-refractivity contribution >= 4 is 28.1 Å². The van der Waals surface area contributed by atoms with E-state index < -0.39 is 23.0 Å². The van der Waals surface area contributed by atoms with Crippen molar-refractivity contribution in [2.24, 2.45) is 0 Å². The highest BCUT2D eigenvalue weighted by atomic mass is 32.1. The number of allylic oxidation sites excluding steroid dienone is 2. The maximum absolute atomic E-state index is 13.6. The van der Waals surface area contributed by atoms with Crippen LogP contribution in [0.1, 0.15) is 15.2 Å². The molecule has 2 aromatic rings. The third kappa shape index (κ3) is 3.14. The fourth-order valence-corrected chi connectivity index (χ4v) is 2.38. The Labute approximate surface area is 123 Å². The van der Waals surface area contributed by atoms with Gasteiger partial charge in [0.25, 0.3) is 0 Å². The van der Waals surface area contributed by atoms with Gasteiger partial charge in [0.05, 0.1) is 5.56 Å². The van der Waals surface area contributed by atoms with Crippen LogP contribution in [-0.4, -0.2) is 10.8 Å². The molecule has 108 valence electrons. The first-order valence-corrected chi connectivity index (χ1v) is 6.65. The average molecular weight is 307 g/mol. The van der Waals surface area contributed by atoms with E-state index >= 15 is 0 Å². The number of benzene rings is 1. The molecule has 0 amide bonds. The molecular formula is C14H11F2N3OS. The average Bonchev–Trinajstić information content (AvgIpc) is 2.80. The maximum Gasteiger partial charge on any atom is 0.212 e. The van der Waals surface area contributed by atoms with Crippen molar-refractivity contribution in [1.29, 1.82) is 0 Å². The summed E-state index contributed by atoms with van der Waals surface area (Å²) in [5.41, 5.74) is 5.00. The minimum absolute atomic E-state index is 0.0199. The summed E-state index contributed by atoms with van der Waals surface area (Å²) < 4.78 is 27.2. The second-order valence-electron chi connectivity index (χ2n) is 3.90. The number of carbonyl (C=O) groups is 1. The number of hydrogen-bond donors (Lipinski definition) is 2. The molecule has 0 aliphatic heterocycles. The quantitative estimate of drug-likeness (QED) is 0.656. The maximum atomic E-state index is 13.6. The Bertz CT molecular complexity index is 705. The van der Waals surface area contributed by atoms with Gasteiger partial charge in [0.15, 0.2) is 5.13 Å². The molecule has 0 saturated heterocycles. The van der Waals surface area contributed by atoms with Gasteiger partial charge in [-0.25, -0.2) is 13.8 Å². The van der Waals surface area contributed by atoms with Crippen molar-refractivity contribution in [3.63, 3.8) is 0 Å². The van der Waals surface area contributed by atoms with Gasteiger partial charge in [0, 0.05) is 6.20 Å². The summed E-state index contributed by atoms with van der Waals surface area (Å²) in [6.45, 7) is 3.50. The van der Waals surface area contributed by atoms with Crippen LogP contribution in [0.5, 0.6) is 0 Å². The number of nitrogen functional groups attached to an aromatic ring is 1. The van der Waals surface area contributed by atoms with E-state index in [2.05, 4.69) is 16.9 Å². The molecule has 0 radical (unpaired) electrons. The number of nitrogens with two attached hydrogens (primary N) is 1. The van der Waals surface area contributed by atoms with Crippen LogP contribution in [0.2, 0.25) is 0 Å². The monoisotopic (exact) mass is 307 g/mol. The molecule has 7 heteroatoms. The first-order chi connectivity index (χ1) is 10.0. The number of carbonyl (C=O) groups excluding carboxylic acids is 1. The lowest BCUT2D eigenvalue weighted by atomic mass is 10.1. The zero-order valence-corrected chi connectivity index (χ0v) is 11.6. The summed E-state index contributed by atoms with van der Waals surface area (Å²) in [6, 6.07) is 3.21. The van der Waals surface area contributed by atoms with E-state index in [0.717, 1.165) is 23.5 Å². The molecule has 3 N–H and O–H groups in total. The van der Waals surface area contributed by atoms with Crippen molar-refractivity contribution in [3.8, 4) is 0 Å². The van der Waals surface area contributed by atoms with Gasteiger partial charge in [-0.2, -0.15) is 0 Å². The van der Waals surface area contributed by atoms with Crippen molar-refractivity contribution in [1.82, 2.24) is 4.98 Å². The standard InChI is InChI=1S/C14H11F2N3OS/c1-2-3-7-18-14-19-13(17)12(21-14)11(20)10-8(15)5-4-6-9(10)16/h2-7H,1,17H2,(H,18,19)/b7-3+. The molecule has 0 aliphatic carbocycles. The van der Waals surface area contributed by atoms with Crippen LogP contribution in [0, 0.1) is 11.6 Å². The second kappa shape index (κ2) is 6.27. The Morgan fingerprint density at radius 2 is 2.05 bits per heavy atom. The molecule has 0 bridgehead atoms. The summed E-state index contributed by atoms with van der Waals surface area (Å²) >= 11 is 0.915. The lowest BCUT2D eigenvalue weighted by Crippen LogP contribution is -2.07. The van der Waals surface area contributed by atoms with Crippen LogP contribution >= 0.6 is 11.3 Å². The molecule has 0 saturated carbocycles. The highest BCUT2D eigenvalue weighted by Gasteiger charge is 2.23. The smallest absolute Gasteiger partial charge is 0.212 e. The van der Waals surface area contributed by atoms with Crippen LogP contribution in [0.15, 0.2) is 43.1 Å². The van der Waals surface area contributed by atoms with E-state index in [1.807, 2.05) is 0 Å². The molecule has 4 nitrogen and oxygen atoms in total. The number of nitrogens with zero attached hydrogens (tertiary/aromatic N) is 1. The SMILES string of the molecule is C=C/C=C/Nc1nc(N)c(C(=O)c2c(F)cccc2F)s1. The molecule has 2 rings (SSSR count). The Morgan fingerprint density at radius 1 is 1.38 bits per heavy atom. The van der Waals surface area contributed by atoms with Gasteiger partial charge in [-0.3, -0.25) is 4.79 Å². The lowest BCUT2D eigenvalue weighted by molar-refractivity contribution is 0.103. The van der Waals surface area contributed by atoms with Gasteiger partial charge >= 0.3 is 0 Å². The Morgan fingerprint density at radius 3 is 2.67 bits per heavy atom. The van der Waals surface area contributed by atoms with Crippen LogP contribution in [0.25, 0.3) is 0 Å². The van der Waals surface area contributed by atoms with Crippen molar-refractivity contribution in [2.45, 2.75) is 0 Å². The topological polar surface area (TPSA) is 68.0 Å². The predicted molar refractivity (Wildman–Crippen MR) is 79.3 cm³/mol. The molecule has 0 aliphatic rings. The van der Waals surface area contributed by atoms with Crippen molar-refractivity contribution in [2.75, 3.05) is 11.1 Å². The lowest BCUT2D eigenvalue weighted by Gasteiger charge is -2.02. The van der Waals surface area contributed by atoms with Gasteiger partial charge in [-0.1, -0.05) is 30.1 Å². The highest BCUT2D eigenvalue weighted by Crippen LogP contribution is 2.29. The Balaban J connectivity index is 2.36. The normalized spacial score (nSPS) is 10.8. The minimum Gasteiger partial charge on any atom is -0.382 e. The summed E-state index contributed by atoms with van der Waals surface area (Å²) in [7, 11) is 0. The molecule has 0 spiro atoms. The largest absolute Gasteiger partial charge is 0.382 e. The van der Waals surface area contributed by atoms with E-state index in [1.165, 1.54) is 6.07 Å². The Hall–Kier alpha value is -2.54. The van der Waals surface area contributed by atoms with Gasteiger partial charge in [0.1, 0.15) is 22.3 Å². The van der Waals surface area contributed by atoms with Gasteiger partial charge in [-0.15, -0.1) is 0 Å². The first kappa shape index (κ1) is 14.9. The number of rotatable bonds is 5. The number of nitrogens with one attached hydrogen (secondary N) is 1. The van der Waals surface area contributed by atoms with Crippen molar-refractivity contribution in [3.05, 3.63) is 65.2 Å². The third-order valence-electron chi connectivity index (χ3n) is 2.49. The van der Waals surface area contributed by atoms with Crippen LogP contribution in [0.3, 0.4) is 0 Å². The number of anilines is 2. The highest BCUT2D eigenvalue weighted by molar-refractivity contribution is 7.18. The molecule has 0 unspecified atom stereocenters. The number of hydrogen-bond acceptors (Lipinski definition) is 5. The molecule has 0 atom stereocenters. The molecule has 21 heavy (non-hydrogen) atoms. The summed E-state index contributed by atoms with van der Waals surface area (Å²) in [4.78, 5) is 16.1. The summed E-state index contributed by atoms with van der Waals surface area (Å²) in [5.74, 6) is -2.79. The number of thiazole rings is 1. The van der Waals surface area contributed by atoms with Crippen LogP contribution < -0.4 is 11.1 Å². The first-order valence-electron chi connectivity index (χ1n) is 5.83. The molecule has 1 heterocycles. The second-order valence-corrected chi connectivity index (χ2v) is 4.90. The fourth-order valence-electron chi connectivity index (χ4n) is 1.57. The molecule has 0 fully saturated rings. The van der Waals surface area contributed by atoms with E-state index in [-0.39, 0.29) is 10.7 Å². The Kier molecular flexibility index (Phi) is 4.44. The number of ketones is 1. The summed E-state index contributed by atoms with van der Waals surface area (Å²) in [6.07, 6.45) is 4.71. The summed E-state index contributed by atoms with van der Waals surface area (Å²) in [5, 5.41) is 3.12. The third-order valence-corrected chi connectivity index (χ3v) is 3.49. The van der Waals surface area contributed by atoms with Crippen LogP contribution in [0.4, 0.5) is 19.7 Å². The number of aromatic nitrogens is 1. The van der Waals surface area contributed by atoms with Crippen LogP contribution in [-0.2, 0) is 0 Å². The van der Waals surface area contributed by atoms with Gasteiger partial charge < -0.3 is 11.1 Å².